The molecule has 3 rings (SSSR count). The van der Waals surface area contributed by atoms with E-state index in [0.29, 0.717) is 5.92 Å². The van der Waals surface area contributed by atoms with Gasteiger partial charge in [-0.05, 0) is 43.9 Å². The molecule has 0 aliphatic heterocycles. The number of nitrogens with zero attached hydrogens (tertiary/aromatic N) is 2. The van der Waals surface area contributed by atoms with Gasteiger partial charge in [0.05, 0.1) is 0 Å². The second-order valence-corrected chi connectivity index (χ2v) is 4.62. The van der Waals surface area contributed by atoms with Crippen molar-refractivity contribution in [3.8, 4) is 11.4 Å². The molecule has 1 heterocycles. The molecule has 3 heteroatoms. The Bertz CT molecular complexity index is 524. The predicted molar refractivity (Wildman–Crippen MR) is 63.3 cm³/mol. The van der Waals surface area contributed by atoms with E-state index in [9.17, 15) is 0 Å². The summed E-state index contributed by atoms with van der Waals surface area (Å²) in [4.78, 5) is 4.55. The fourth-order valence-corrected chi connectivity index (χ4v) is 1.82. The minimum Gasteiger partial charge on any atom is -0.262 e. The summed E-state index contributed by atoms with van der Waals surface area (Å²) in [5.41, 5.74) is 3.70. The maximum Gasteiger partial charge on any atom is 0.181 e. The van der Waals surface area contributed by atoms with Crippen LogP contribution in [0.25, 0.3) is 11.4 Å². The fourth-order valence-electron chi connectivity index (χ4n) is 1.82. The molecule has 1 aliphatic carbocycles. The van der Waals surface area contributed by atoms with Crippen molar-refractivity contribution in [1.82, 2.24) is 15.2 Å². The standard InChI is InChI=1S/C13H15N3/c1-8-3-4-11(7-9(8)2)13-14-12(15-16-13)10-5-6-10/h3-4,7,10H,5-6H2,1-2H3,(H,14,15,16). The highest BCUT2D eigenvalue weighted by atomic mass is 15.2. The van der Waals surface area contributed by atoms with Gasteiger partial charge in [-0.25, -0.2) is 4.98 Å². The summed E-state index contributed by atoms with van der Waals surface area (Å²) in [5.74, 6) is 2.51. The van der Waals surface area contributed by atoms with Gasteiger partial charge in [-0.2, -0.15) is 5.10 Å². The van der Waals surface area contributed by atoms with E-state index in [1.54, 1.807) is 0 Å². The lowest BCUT2D eigenvalue weighted by molar-refractivity contribution is 0.935. The molecular formula is C13H15N3. The highest BCUT2D eigenvalue weighted by Gasteiger charge is 2.27. The lowest BCUT2D eigenvalue weighted by Gasteiger charge is -2.01. The minimum absolute atomic E-state index is 0.632. The monoisotopic (exact) mass is 213 g/mol. The summed E-state index contributed by atoms with van der Waals surface area (Å²) in [5, 5.41) is 7.32. The first-order valence-corrected chi connectivity index (χ1v) is 5.74. The summed E-state index contributed by atoms with van der Waals surface area (Å²) in [7, 11) is 0. The van der Waals surface area contributed by atoms with Crippen molar-refractivity contribution in [3.05, 3.63) is 35.2 Å². The van der Waals surface area contributed by atoms with Crippen LogP contribution in [0.3, 0.4) is 0 Å². The molecule has 0 spiro atoms. The molecule has 0 saturated heterocycles. The van der Waals surface area contributed by atoms with Gasteiger partial charge < -0.3 is 0 Å². The zero-order valence-electron chi connectivity index (χ0n) is 9.62. The summed E-state index contributed by atoms with van der Waals surface area (Å²) in [6.07, 6.45) is 2.50. The molecule has 1 saturated carbocycles. The van der Waals surface area contributed by atoms with Gasteiger partial charge >= 0.3 is 0 Å². The van der Waals surface area contributed by atoms with Crippen LogP contribution in [0.15, 0.2) is 18.2 Å². The van der Waals surface area contributed by atoms with E-state index < -0.39 is 0 Å². The molecule has 82 valence electrons. The van der Waals surface area contributed by atoms with Gasteiger partial charge in [0.2, 0.25) is 0 Å². The van der Waals surface area contributed by atoms with Crippen LogP contribution >= 0.6 is 0 Å². The molecule has 0 unspecified atom stereocenters. The molecule has 0 radical (unpaired) electrons. The first-order chi connectivity index (χ1) is 7.74. The molecule has 1 aromatic carbocycles. The maximum atomic E-state index is 4.55. The van der Waals surface area contributed by atoms with E-state index in [4.69, 9.17) is 0 Å². The Labute approximate surface area is 94.9 Å². The summed E-state index contributed by atoms with van der Waals surface area (Å²) in [6, 6.07) is 6.36. The SMILES string of the molecule is Cc1ccc(-c2n[nH]c(C3CC3)n2)cc1C. The van der Waals surface area contributed by atoms with Crippen LogP contribution in [0.1, 0.15) is 35.7 Å². The minimum atomic E-state index is 0.632. The summed E-state index contributed by atoms with van der Waals surface area (Å²) < 4.78 is 0. The normalized spacial score (nSPS) is 15.4. The van der Waals surface area contributed by atoms with Crippen molar-refractivity contribution in [2.45, 2.75) is 32.6 Å². The van der Waals surface area contributed by atoms with Gasteiger partial charge in [0.1, 0.15) is 5.82 Å². The quantitative estimate of drug-likeness (QED) is 0.833. The molecule has 0 bridgehead atoms. The molecule has 1 aliphatic rings. The van der Waals surface area contributed by atoms with Gasteiger partial charge in [0.25, 0.3) is 0 Å². The van der Waals surface area contributed by atoms with E-state index in [1.165, 1.54) is 24.0 Å². The van der Waals surface area contributed by atoms with Gasteiger partial charge in [0.15, 0.2) is 5.82 Å². The molecule has 2 aromatic rings. The first-order valence-electron chi connectivity index (χ1n) is 5.74. The number of aromatic nitrogens is 3. The van der Waals surface area contributed by atoms with E-state index in [-0.39, 0.29) is 0 Å². The average Bonchev–Trinajstić information content (AvgIpc) is 3.01. The van der Waals surface area contributed by atoms with Crippen LogP contribution in [0.2, 0.25) is 0 Å². The third-order valence-electron chi connectivity index (χ3n) is 3.23. The van der Waals surface area contributed by atoms with Crippen molar-refractivity contribution in [1.29, 1.82) is 0 Å². The van der Waals surface area contributed by atoms with Gasteiger partial charge in [0, 0.05) is 11.5 Å². The van der Waals surface area contributed by atoms with Crippen LogP contribution in [0.4, 0.5) is 0 Å². The number of nitrogens with one attached hydrogen (secondary N) is 1. The van der Waals surface area contributed by atoms with Gasteiger partial charge in [-0.3, -0.25) is 5.10 Å². The Hall–Kier alpha value is -1.64. The van der Waals surface area contributed by atoms with Crippen LogP contribution < -0.4 is 0 Å². The van der Waals surface area contributed by atoms with E-state index in [1.807, 2.05) is 0 Å². The molecule has 1 N–H and O–H groups in total. The first kappa shape index (κ1) is 9.58. The lowest BCUT2D eigenvalue weighted by Crippen LogP contribution is -1.85. The number of hydrogen-bond donors (Lipinski definition) is 1. The van der Waals surface area contributed by atoms with Crippen LogP contribution in [0.5, 0.6) is 0 Å². The Balaban J connectivity index is 1.97. The second-order valence-electron chi connectivity index (χ2n) is 4.62. The van der Waals surface area contributed by atoms with Crippen molar-refractivity contribution >= 4 is 0 Å². The number of hydrogen-bond acceptors (Lipinski definition) is 2. The summed E-state index contributed by atoms with van der Waals surface area (Å²) in [6.45, 7) is 4.24. The number of rotatable bonds is 2. The van der Waals surface area contributed by atoms with Crippen LogP contribution in [-0.2, 0) is 0 Å². The number of aromatic amines is 1. The zero-order valence-corrected chi connectivity index (χ0v) is 9.62. The third kappa shape index (κ3) is 1.62. The van der Waals surface area contributed by atoms with Crippen molar-refractivity contribution in [2.75, 3.05) is 0 Å². The second kappa shape index (κ2) is 3.44. The van der Waals surface area contributed by atoms with E-state index in [0.717, 1.165) is 17.2 Å². The smallest absolute Gasteiger partial charge is 0.181 e. The lowest BCUT2D eigenvalue weighted by atomic mass is 10.1. The molecule has 0 amide bonds. The highest BCUT2D eigenvalue weighted by Crippen LogP contribution is 2.38. The molecule has 16 heavy (non-hydrogen) atoms. The Morgan fingerprint density at radius 1 is 1.19 bits per heavy atom. The number of aryl methyl sites for hydroxylation is 2. The molecule has 1 fully saturated rings. The molecule has 1 aromatic heterocycles. The predicted octanol–water partition coefficient (Wildman–Crippen LogP) is 2.97. The Morgan fingerprint density at radius 3 is 2.69 bits per heavy atom. The van der Waals surface area contributed by atoms with E-state index >= 15 is 0 Å². The van der Waals surface area contributed by atoms with Gasteiger partial charge in [-0.1, -0.05) is 12.1 Å². The number of benzene rings is 1. The third-order valence-corrected chi connectivity index (χ3v) is 3.23. The van der Waals surface area contributed by atoms with Gasteiger partial charge in [-0.15, -0.1) is 0 Å². The highest BCUT2D eigenvalue weighted by molar-refractivity contribution is 5.57. The maximum absolute atomic E-state index is 4.55. The van der Waals surface area contributed by atoms with E-state index in [2.05, 4.69) is 47.2 Å². The van der Waals surface area contributed by atoms with Crippen molar-refractivity contribution in [3.63, 3.8) is 0 Å². The van der Waals surface area contributed by atoms with Crippen molar-refractivity contribution < 1.29 is 0 Å². The topological polar surface area (TPSA) is 41.6 Å². The molecule has 3 nitrogen and oxygen atoms in total. The fraction of sp³-hybridized carbons (Fsp3) is 0.385. The average molecular weight is 213 g/mol. The Kier molecular flexibility index (Phi) is 2.06. The van der Waals surface area contributed by atoms with Crippen molar-refractivity contribution in [2.24, 2.45) is 0 Å². The number of H-pyrrole nitrogens is 1. The summed E-state index contributed by atoms with van der Waals surface area (Å²) >= 11 is 0. The Morgan fingerprint density at radius 2 is 2.00 bits per heavy atom. The largest absolute Gasteiger partial charge is 0.262 e. The molecule has 0 atom stereocenters. The zero-order chi connectivity index (χ0) is 11.1. The van der Waals surface area contributed by atoms with Crippen LogP contribution in [0, 0.1) is 13.8 Å². The van der Waals surface area contributed by atoms with Crippen LogP contribution in [-0.4, -0.2) is 15.2 Å². The molecular weight excluding hydrogens is 198 g/mol.